The number of carboxylic acids is 1. The van der Waals surface area contributed by atoms with Gasteiger partial charge in [-0.05, 0) is 43.3 Å². The first-order chi connectivity index (χ1) is 14.3. The average molecular weight is 411 g/mol. The molecule has 154 valence electrons. The molecular weight excluding hydrogens is 394 g/mol. The molecule has 0 saturated carbocycles. The van der Waals surface area contributed by atoms with E-state index in [1.165, 1.54) is 56.7 Å². The average Bonchev–Trinajstić information content (AvgIpc) is 3.01. The van der Waals surface area contributed by atoms with Crippen molar-refractivity contribution in [2.75, 3.05) is 19.2 Å². The Balaban J connectivity index is 2.03. The minimum atomic E-state index is -1.09. The molecule has 2 aromatic rings. The molecule has 0 aliphatic carbocycles. The van der Waals surface area contributed by atoms with Gasteiger partial charge < -0.3 is 14.6 Å². The smallest absolute Gasteiger partial charge is 0.335 e. The largest absolute Gasteiger partial charge is 0.493 e. The van der Waals surface area contributed by atoms with Crippen LogP contribution in [0.4, 0.5) is 11.4 Å². The van der Waals surface area contributed by atoms with Crippen LogP contribution in [0.3, 0.4) is 0 Å². The lowest BCUT2D eigenvalue weighted by Crippen LogP contribution is -2.21. The van der Waals surface area contributed by atoms with Crippen molar-refractivity contribution in [1.82, 2.24) is 0 Å². The molecule has 0 radical (unpaired) electrons. The molecule has 0 unspecified atom stereocenters. The first kappa shape index (κ1) is 20.5. The Hall–Kier alpha value is -4.21. The van der Waals surface area contributed by atoms with Gasteiger partial charge in [0, 0.05) is 0 Å². The van der Waals surface area contributed by atoms with Gasteiger partial charge in [0.2, 0.25) is 0 Å². The number of aromatic carboxylic acids is 1. The summed E-state index contributed by atoms with van der Waals surface area (Å²) in [5.41, 5.74) is 0.847. The fourth-order valence-corrected chi connectivity index (χ4v) is 2.92. The highest BCUT2D eigenvalue weighted by molar-refractivity contribution is 6.32. The molecule has 1 amide bonds. The lowest BCUT2D eigenvalue weighted by molar-refractivity contribution is -0.385. The Morgan fingerprint density at radius 3 is 2.30 bits per heavy atom. The van der Waals surface area contributed by atoms with Crippen molar-refractivity contribution in [3.63, 3.8) is 0 Å². The third-order valence-corrected chi connectivity index (χ3v) is 4.45. The Kier molecular flexibility index (Phi) is 5.50. The van der Waals surface area contributed by atoms with Crippen molar-refractivity contribution in [3.8, 4) is 11.5 Å². The zero-order chi connectivity index (χ0) is 22.0. The standard InChI is InChI=1S/C20H17N3O7/c1-11-15(8-13-9-17(29-2)18(30-3)10-16(13)23(27)28)19(24)22(21-11)14-6-4-12(5-7-14)20(25)26/h4-10H,1-3H3,(H,25,26)/b15-8+. The normalized spacial score (nSPS) is 14.6. The summed E-state index contributed by atoms with van der Waals surface area (Å²) in [7, 11) is 2.76. The number of ether oxygens (including phenoxy) is 2. The van der Waals surface area contributed by atoms with Gasteiger partial charge in [-0.15, -0.1) is 0 Å². The van der Waals surface area contributed by atoms with Crippen molar-refractivity contribution < 1.29 is 29.1 Å². The Bertz CT molecular complexity index is 1100. The number of nitro benzene ring substituents is 1. The van der Waals surface area contributed by atoms with E-state index in [-0.39, 0.29) is 33.9 Å². The third-order valence-electron chi connectivity index (χ3n) is 4.45. The van der Waals surface area contributed by atoms with Crippen molar-refractivity contribution in [3.05, 3.63) is 63.2 Å². The van der Waals surface area contributed by atoms with E-state index in [0.29, 0.717) is 11.4 Å². The number of nitrogens with zero attached hydrogens (tertiary/aromatic N) is 3. The number of amides is 1. The molecule has 3 rings (SSSR count). The zero-order valence-corrected chi connectivity index (χ0v) is 16.3. The van der Waals surface area contributed by atoms with E-state index < -0.39 is 16.8 Å². The maximum Gasteiger partial charge on any atom is 0.335 e. The molecule has 0 bridgehead atoms. The van der Waals surface area contributed by atoms with Crippen LogP contribution in [0.2, 0.25) is 0 Å². The second kappa shape index (κ2) is 8.03. The van der Waals surface area contributed by atoms with Crippen LogP contribution in [0.5, 0.6) is 11.5 Å². The maximum absolute atomic E-state index is 12.9. The summed E-state index contributed by atoms with van der Waals surface area (Å²) in [4.78, 5) is 34.8. The van der Waals surface area contributed by atoms with E-state index in [9.17, 15) is 19.7 Å². The summed E-state index contributed by atoms with van der Waals surface area (Å²) >= 11 is 0. The predicted octanol–water partition coefficient (Wildman–Crippen LogP) is 3.12. The van der Waals surface area contributed by atoms with E-state index in [1.54, 1.807) is 6.92 Å². The summed E-state index contributed by atoms with van der Waals surface area (Å²) in [6.07, 6.45) is 1.37. The van der Waals surface area contributed by atoms with Crippen LogP contribution in [0.25, 0.3) is 6.08 Å². The van der Waals surface area contributed by atoms with E-state index in [0.717, 1.165) is 5.01 Å². The van der Waals surface area contributed by atoms with Crippen LogP contribution in [-0.2, 0) is 4.79 Å². The van der Waals surface area contributed by atoms with Crippen LogP contribution in [0.15, 0.2) is 47.1 Å². The number of hydrogen-bond acceptors (Lipinski definition) is 7. The summed E-state index contributed by atoms with van der Waals surface area (Å²) < 4.78 is 10.3. The van der Waals surface area contributed by atoms with Crippen molar-refractivity contribution in [2.24, 2.45) is 5.10 Å². The molecule has 0 saturated heterocycles. The molecular formula is C20H17N3O7. The van der Waals surface area contributed by atoms with Gasteiger partial charge in [0.25, 0.3) is 11.6 Å². The molecule has 2 aromatic carbocycles. The highest BCUT2D eigenvalue weighted by Gasteiger charge is 2.30. The summed E-state index contributed by atoms with van der Waals surface area (Å²) in [6, 6.07) is 8.27. The van der Waals surface area contributed by atoms with Gasteiger partial charge in [-0.3, -0.25) is 14.9 Å². The van der Waals surface area contributed by atoms with Crippen molar-refractivity contribution >= 4 is 35.0 Å². The number of benzene rings is 2. The third kappa shape index (κ3) is 3.70. The minimum absolute atomic E-state index is 0.0721. The number of nitro groups is 1. The molecule has 1 heterocycles. The number of carbonyl (C=O) groups is 2. The summed E-state index contributed by atoms with van der Waals surface area (Å²) in [6.45, 7) is 1.60. The quantitative estimate of drug-likeness (QED) is 0.439. The zero-order valence-electron chi connectivity index (χ0n) is 16.3. The van der Waals surface area contributed by atoms with Gasteiger partial charge in [0.15, 0.2) is 11.5 Å². The van der Waals surface area contributed by atoms with Gasteiger partial charge in [-0.1, -0.05) is 0 Å². The van der Waals surface area contributed by atoms with Crippen LogP contribution in [-0.4, -0.2) is 41.8 Å². The van der Waals surface area contributed by atoms with Crippen LogP contribution in [0, 0.1) is 10.1 Å². The topological polar surface area (TPSA) is 132 Å². The number of anilines is 1. The molecule has 0 atom stereocenters. The fraction of sp³-hybridized carbons (Fsp3) is 0.150. The number of carboxylic acid groups (broad SMARTS) is 1. The van der Waals surface area contributed by atoms with Crippen molar-refractivity contribution in [2.45, 2.75) is 6.92 Å². The SMILES string of the molecule is COc1cc(/C=C2/C(=O)N(c3ccc(C(=O)O)cc3)N=C2C)c([N+](=O)[O-])cc1OC. The number of methoxy groups -OCH3 is 2. The Morgan fingerprint density at radius 2 is 1.77 bits per heavy atom. The lowest BCUT2D eigenvalue weighted by atomic mass is 10.0. The maximum atomic E-state index is 12.9. The van der Waals surface area contributed by atoms with E-state index >= 15 is 0 Å². The van der Waals surface area contributed by atoms with Crippen LogP contribution in [0.1, 0.15) is 22.8 Å². The highest BCUT2D eigenvalue weighted by Crippen LogP contribution is 2.36. The van der Waals surface area contributed by atoms with Gasteiger partial charge in [-0.2, -0.15) is 10.1 Å². The molecule has 0 fully saturated rings. The minimum Gasteiger partial charge on any atom is -0.493 e. The number of hydrogen-bond donors (Lipinski definition) is 1. The summed E-state index contributed by atoms with van der Waals surface area (Å²) in [5.74, 6) is -1.12. The van der Waals surface area contributed by atoms with Gasteiger partial charge in [0.05, 0.1) is 53.3 Å². The van der Waals surface area contributed by atoms with Gasteiger partial charge >= 0.3 is 5.97 Å². The molecule has 10 heteroatoms. The number of carbonyl (C=O) groups excluding carboxylic acids is 1. The summed E-state index contributed by atoms with van der Waals surface area (Å²) in [5, 5.41) is 25.8. The fourth-order valence-electron chi connectivity index (χ4n) is 2.92. The molecule has 0 spiro atoms. The Morgan fingerprint density at radius 1 is 1.17 bits per heavy atom. The van der Waals surface area contributed by atoms with Crippen LogP contribution >= 0.6 is 0 Å². The molecule has 1 aliphatic rings. The number of hydrazone groups is 1. The van der Waals surface area contributed by atoms with Crippen molar-refractivity contribution in [1.29, 1.82) is 0 Å². The van der Waals surface area contributed by atoms with Gasteiger partial charge in [0.1, 0.15) is 0 Å². The molecule has 1 N–H and O–H groups in total. The second-order valence-electron chi connectivity index (χ2n) is 6.24. The van der Waals surface area contributed by atoms with E-state index in [2.05, 4.69) is 5.10 Å². The lowest BCUT2D eigenvalue weighted by Gasteiger charge is -2.12. The van der Waals surface area contributed by atoms with Gasteiger partial charge in [-0.25, -0.2) is 4.79 Å². The van der Waals surface area contributed by atoms with Crippen LogP contribution < -0.4 is 14.5 Å². The molecule has 30 heavy (non-hydrogen) atoms. The first-order valence-corrected chi connectivity index (χ1v) is 8.62. The second-order valence-corrected chi connectivity index (χ2v) is 6.24. The van der Waals surface area contributed by atoms with E-state index in [1.807, 2.05) is 0 Å². The molecule has 10 nitrogen and oxygen atoms in total. The van der Waals surface area contributed by atoms with E-state index in [4.69, 9.17) is 14.6 Å². The molecule has 1 aliphatic heterocycles. The molecule has 0 aromatic heterocycles. The highest BCUT2D eigenvalue weighted by atomic mass is 16.6. The Labute approximate surface area is 170 Å². The predicted molar refractivity (Wildman–Crippen MR) is 108 cm³/mol. The first-order valence-electron chi connectivity index (χ1n) is 8.62. The number of rotatable bonds is 6. The monoisotopic (exact) mass is 411 g/mol.